The standard InChI is InChI=1S/C13H18N4O2/c14-12-13(15-6-3-8-19-9-7-18)17-11-5-2-1-4-10(11)16-12/h1-2,4-5,18H,3,6-9H2,(H2,14,16)(H,15,17). The number of fused-ring (bicyclic) bond motifs is 1. The van der Waals surface area contributed by atoms with E-state index in [0.29, 0.717) is 31.4 Å². The van der Waals surface area contributed by atoms with Gasteiger partial charge in [0.25, 0.3) is 0 Å². The molecule has 0 radical (unpaired) electrons. The Morgan fingerprint density at radius 1 is 1.16 bits per heavy atom. The molecule has 2 aromatic rings. The van der Waals surface area contributed by atoms with Gasteiger partial charge in [-0.15, -0.1) is 0 Å². The average Bonchev–Trinajstić information content (AvgIpc) is 2.43. The van der Waals surface area contributed by atoms with Crippen LogP contribution in [0.1, 0.15) is 6.42 Å². The minimum absolute atomic E-state index is 0.0521. The largest absolute Gasteiger partial charge is 0.394 e. The van der Waals surface area contributed by atoms with Gasteiger partial charge in [0, 0.05) is 13.2 Å². The summed E-state index contributed by atoms with van der Waals surface area (Å²) >= 11 is 0. The minimum Gasteiger partial charge on any atom is -0.394 e. The molecule has 102 valence electrons. The molecule has 0 amide bonds. The van der Waals surface area contributed by atoms with Crippen molar-refractivity contribution in [2.24, 2.45) is 0 Å². The summed E-state index contributed by atoms with van der Waals surface area (Å²) < 4.78 is 5.16. The molecule has 4 N–H and O–H groups in total. The highest BCUT2D eigenvalue weighted by Crippen LogP contribution is 2.17. The van der Waals surface area contributed by atoms with E-state index in [2.05, 4.69) is 15.3 Å². The summed E-state index contributed by atoms with van der Waals surface area (Å²) in [6.45, 7) is 1.71. The molecule has 0 bridgehead atoms. The van der Waals surface area contributed by atoms with Gasteiger partial charge in [-0.3, -0.25) is 0 Å². The number of rotatable bonds is 7. The van der Waals surface area contributed by atoms with Crippen LogP contribution in [-0.4, -0.2) is 41.4 Å². The van der Waals surface area contributed by atoms with Crippen molar-refractivity contribution >= 4 is 22.7 Å². The van der Waals surface area contributed by atoms with Crippen LogP contribution in [0.25, 0.3) is 11.0 Å². The predicted molar refractivity (Wildman–Crippen MR) is 75.0 cm³/mol. The zero-order chi connectivity index (χ0) is 13.5. The molecule has 0 spiro atoms. The van der Waals surface area contributed by atoms with Crippen molar-refractivity contribution in [3.63, 3.8) is 0 Å². The molecule has 0 saturated heterocycles. The fourth-order valence-corrected chi connectivity index (χ4v) is 1.69. The lowest BCUT2D eigenvalue weighted by molar-refractivity contribution is 0.0922. The lowest BCUT2D eigenvalue weighted by Crippen LogP contribution is -2.10. The van der Waals surface area contributed by atoms with Crippen molar-refractivity contribution < 1.29 is 9.84 Å². The van der Waals surface area contributed by atoms with E-state index in [4.69, 9.17) is 15.6 Å². The zero-order valence-electron chi connectivity index (χ0n) is 10.7. The first-order valence-electron chi connectivity index (χ1n) is 6.26. The predicted octanol–water partition coefficient (Wildman–Crippen LogP) is 1.02. The number of aromatic nitrogens is 2. The number of aliphatic hydroxyl groups excluding tert-OH is 1. The molecule has 19 heavy (non-hydrogen) atoms. The number of hydrogen-bond donors (Lipinski definition) is 3. The maximum Gasteiger partial charge on any atom is 0.169 e. The maximum atomic E-state index is 8.56. The highest BCUT2D eigenvalue weighted by molar-refractivity contribution is 5.79. The van der Waals surface area contributed by atoms with E-state index < -0.39 is 0 Å². The van der Waals surface area contributed by atoms with Gasteiger partial charge in [0.2, 0.25) is 0 Å². The summed E-state index contributed by atoms with van der Waals surface area (Å²) in [6, 6.07) is 7.60. The van der Waals surface area contributed by atoms with Gasteiger partial charge in [-0.2, -0.15) is 0 Å². The van der Waals surface area contributed by atoms with Crippen LogP contribution in [0.4, 0.5) is 11.6 Å². The second kappa shape index (κ2) is 6.86. The third-order valence-electron chi connectivity index (χ3n) is 2.59. The van der Waals surface area contributed by atoms with Crippen LogP contribution < -0.4 is 11.1 Å². The lowest BCUT2D eigenvalue weighted by atomic mass is 10.3. The van der Waals surface area contributed by atoms with Crippen LogP contribution in [0.2, 0.25) is 0 Å². The maximum absolute atomic E-state index is 8.56. The molecule has 0 atom stereocenters. The molecule has 0 fully saturated rings. The number of nitrogens with two attached hydrogens (primary N) is 1. The Morgan fingerprint density at radius 2 is 1.89 bits per heavy atom. The van der Waals surface area contributed by atoms with Crippen LogP contribution in [0.5, 0.6) is 0 Å². The van der Waals surface area contributed by atoms with Crippen molar-refractivity contribution in [2.75, 3.05) is 37.4 Å². The van der Waals surface area contributed by atoms with E-state index >= 15 is 0 Å². The molecule has 1 aromatic heterocycles. The number of ether oxygens (including phenoxy) is 1. The summed E-state index contributed by atoms with van der Waals surface area (Å²) in [5, 5.41) is 11.7. The van der Waals surface area contributed by atoms with Crippen molar-refractivity contribution in [3.05, 3.63) is 24.3 Å². The van der Waals surface area contributed by atoms with Crippen LogP contribution in [0.15, 0.2) is 24.3 Å². The average molecular weight is 262 g/mol. The molecule has 0 aliphatic carbocycles. The Hall–Kier alpha value is -1.92. The highest BCUT2D eigenvalue weighted by atomic mass is 16.5. The van der Waals surface area contributed by atoms with E-state index in [0.717, 1.165) is 17.5 Å². The number of hydrogen-bond acceptors (Lipinski definition) is 6. The first kappa shape index (κ1) is 13.5. The molecule has 6 nitrogen and oxygen atoms in total. The van der Waals surface area contributed by atoms with Gasteiger partial charge in [0.05, 0.1) is 24.2 Å². The topological polar surface area (TPSA) is 93.3 Å². The van der Waals surface area contributed by atoms with E-state index in [1.165, 1.54) is 0 Å². The van der Waals surface area contributed by atoms with Crippen molar-refractivity contribution in [3.8, 4) is 0 Å². The normalized spacial score (nSPS) is 10.8. The molecule has 0 aliphatic rings. The third-order valence-corrected chi connectivity index (χ3v) is 2.59. The number of nitrogens with one attached hydrogen (secondary N) is 1. The summed E-state index contributed by atoms with van der Waals surface area (Å²) in [5.74, 6) is 0.996. The SMILES string of the molecule is Nc1nc2ccccc2nc1NCCCOCCO. The van der Waals surface area contributed by atoms with Crippen molar-refractivity contribution in [1.82, 2.24) is 9.97 Å². The third kappa shape index (κ3) is 3.77. The van der Waals surface area contributed by atoms with Gasteiger partial charge in [-0.1, -0.05) is 12.1 Å². The fourth-order valence-electron chi connectivity index (χ4n) is 1.69. The quantitative estimate of drug-likeness (QED) is 0.645. The van der Waals surface area contributed by atoms with Crippen LogP contribution in [-0.2, 0) is 4.74 Å². The smallest absolute Gasteiger partial charge is 0.169 e. The van der Waals surface area contributed by atoms with Gasteiger partial charge >= 0.3 is 0 Å². The molecule has 1 aromatic carbocycles. The van der Waals surface area contributed by atoms with E-state index in [1.807, 2.05) is 24.3 Å². The Morgan fingerprint density at radius 3 is 2.63 bits per heavy atom. The number of nitrogens with zero attached hydrogens (tertiary/aromatic N) is 2. The Bertz CT molecular complexity index is 533. The second-order valence-corrected chi connectivity index (χ2v) is 4.06. The van der Waals surface area contributed by atoms with E-state index in [9.17, 15) is 0 Å². The van der Waals surface area contributed by atoms with Gasteiger partial charge < -0.3 is 20.9 Å². The van der Waals surface area contributed by atoms with E-state index in [-0.39, 0.29) is 6.61 Å². The van der Waals surface area contributed by atoms with E-state index in [1.54, 1.807) is 0 Å². The summed E-state index contributed by atoms with van der Waals surface area (Å²) in [5.41, 5.74) is 7.45. The van der Waals surface area contributed by atoms with Crippen molar-refractivity contribution in [1.29, 1.82) is 0 Å². The molecular formula is C13H18N4O2. The zero-order valence-corrected chi connectivity index (χ0v) is 10.7. The first-order chi connectivity index (χ1) is 9.31. The fraction of sp³-hybridized carbons (Fsp3) is 0.385. The van der Waals surface area contributed by atoms with Crippen molar-refractivity contribution in [2.45, 2.75) is 6.42 Å². The monoisotopic (exact) mass is 262 g/mol. The molecule has 0 aliphatic heterocycles. The summed E-state index contributed by atoms with van der Waals surface area (Å²) in [4.78, 5) is 8.72. The Labute approximate surface area is 111 Å². The molecule has 2 rings (SSSR count). The molecule has 0 saturated carbocycles. The Balaban J connectivity index is 1.91. The molecule has 0 unspecified atom stereocenters. The van der Waals surface area contributed by atoms with Gasteiger partial charge in [-0.05, 0) is 18.6 Å². The number of benzene rings is 1. The van der Waals surface area contributed by atoms with Gasteiger partial charge in [-0.25, -0.2) is 9.97 Å². The number of nitrogen functional groups attached to an aromatic ring is 1. The van der Waals surface area contributed by atoms with Crippen LogP contribution >= 0.6 is 0 Å². The number of aliphatic hydroxyl groups is 1. The summed E-state index contributed by atoms with van der Waals surface area (Å²) in [7, 11) is 0. The van der Waals surface area contributed by atoms with Gasteiger partial charge in [0.15, 0.2) is 11.6 Å². The molecule has 1 heterocycles. The highest BCUT2D eigenvalue weighted by Gasteiger charge is 2.04. The number of anilines is 2. The second-order valence-electron chi connectivity index (χ2n) is 4.06. The molecule has 6 heteroatoms. The first-order valence-corrected chi connectivity index (χ1v) is 6.26. The minimum atomic E-state index is 0.0521. The Kier molecular flexibility index (Phi) is 4.88. The van der Waals surface area contributed by atoms with Crippen LogP contribution in [0, 0.1) is 0 Å². The van der Waals surface area contributed by atoms with Gasteiger partial charge in [0.1, 0.15) is 0 Å². The number of para-hydroxylation sites is 2. The molecular weight excluding hydrogens is 244 g/mol. The van der Waals surface area contributed by atoms with Crippen LogP contribution in [0.3, 0.4) is 0 Å². The summed E-state index contributed by atoms with van der Waals surface area (Å²) in [6.07, 6.45) is 0.813. The lowest BCUT2D eigenvalue weighted by Gasteiger charge is -2.09.